The highest BCUT2D eigenvalue weighted by Gasteiger charge is 2.51. The number of hydrogen-bond acceptors (Lipinski definition) is 2. The number of ketones is 1. The van der Waals surface area contributed by atoms with Crippen molar-refractivity contribution in [3.8, 4) is 0 Å². The van der Waals surface area contributed by atoms with Crippen molar-refractivity contribution >= 4 is 5.78 Å². The summed E-state index contributed by atoms with van der Waals surface area (Å²) in [6.45, 7) is 2.02. The highest BCUT2D eigenvalue weighted by Crippen LogP contribution is 2.57. The molecule has 2 heteroatoms. The van der Waals surface area contributed by atoms with Crippen LogP contribution in [0, 0.1) is 35.5 Å². The molecule has 1 atom stereocenters. The fraction of sp³-hybridized carbons (Fsp3) is 0.933. The van der Waals surface area contributed by atoms with Crippen LogP contribution in [0.15, 0.2) is 0 Å². The monoisotopic (exact) mass is 233 g/mol. The van der Waals surface area contributed by atoms with E-state index in [0.717, 1.165) is 43.2 Å². The van der Waals surface area contributed by atoms with E-state index in [4.69, 9.17) is 0 Å². The molecule has 94 valence electrons. The van der Waals surface area contributed by atoms with Crippen LogP contribution in [0.5, 0.6) is 0 Å². The van der Waals surface area contributed by atoms with Crippen molar-refractivity contribution in [2.75, 3.05) is 13.1 Å². The molecule has 17 heavy (non-hydrogen) atoms. The van der Waals surface area contributed by atoms with E-state index < -0.39 is 0 Å². The Morgan fingerprint density at radius 1 is 0.941 bits per heavy atom. The molecule has 2 nitrogen and oxygen atoms in total. The average Bonchev–Trinajstić information content (AvgIpc) is 2.80. The molecule has 4 aliphatic carbocycles. The van der Waals surface area contributed by atoms with Gasteiger partial charge in [-0.3, -0.25) is 4.79 Å². The van der Waals surface area contributed by atoms with Crippen LogP contribution in [0.3, 0.4) is 0 Å². The summed E-state index contributed by atoms with van der Waals surface area (Å²) in [5.41, 5.74) is 0. The fourth-order valence-electron chi connectivity index (χ4n) is 5.56. The van der Waals surface area contributed by atoms with Gasteiger partial charge in [-0.25, -0.2) is 0 Å². The van der Waals surface area contributed by atoms with E-state index >= 15 is 0 Å². The minimum Gasteiger partial charge on any atom is -0.316 e. The summed E-state index contributed by atoms with van der Waals surface area (Å²) in [5.74, 6) is 5.00. The summed E-state index contributed by atoms with van der Waals surface area (Å²) in [6, 6.07) is 0. The third-order valence-electron chi connectivity index (χ3n) is 6.02. The second-order valence-electron chi connectivity index (χ2n) is 7.05. The molecule has 0 radical (unpaired) electrons. The van der Waals surface area contributed by atoms with Gasteiger partial charge in [0.2, 0.25) is 0 Å². The van der Waals surface area contributed by atoms with Gasteiger partial charge in [-0.05, 0) is 68.7 Å². The van der Waals surface area contributed by atoms with E-state index in [9.17, 15) is 4.79 Å². The predicted octanol–water partition coefficient (Wildman–Crippen LogP) is 2.24. The lowest BCUT2D eigenvalue weighted by Crippen LogP contribution is -2.49. The Hall–Kier alpha value is -0.370. The molecule has 1 N–H and O–H groups in total. The fourth-order valence-corrected chi connectivity index (χ4v) is 5.56. The molecule has 0 aromatic carbocycles. The van der Waals surface area contributed by atoms with Crippen molar-refractivity contribution in [2.45, 2.75) is 38.5 Å². The Morgan fingerprint density at radius 2 is 1.59 bits per heavy atom. The van der Waals surface area contributed by atoms with Gasteiger partial charge in [-0.1, -0.05) is 0 Å². The molecule has 0 amide bonds. The molecule has 1 aliphatic heterocycles. The molecule has 5 fully saturated rings. The molecule has 1 heterocycles. The first-order valence-corrected chi connectivity index (χ1v) is 7.55. The molecule has 4 saturated carbocycles. The average molecular weight is 233 g/mol. The zero-order valence-electron chi connectivity index (χ0n) is 10.5. The Morgan fingerprint density at radius 3 is 2.12 bits per heavy atom. The lowest BCUT2D eigenvalue weighted by Gasteiger charge is -2.54. The zero-order valence-corrected chi connectivity index (χ0v) is 10.5. The van der Waals surface area contributed by atoms with E-state index in [1.165, 1.54) is 32.1 Å². The highest BCUT2D eigenvalue weighted by atomic mass is 16.1. The predicted molar refractivity (Wildman–Crippen MR) is 66.5 cm³/mol. The maximum absolute atomic E-state index is 12.7. The molecule has 1 saturated heterocycles. The maximum Gasteiger partial charge on any atom is 0.140 e. The largest absolute Gasteiger partial charge is 0.316 e. The third-order valence-corrected chi connectivity index (χ3v) is 6.02. The van der Waals surface area contributed by atoms with Crippen molar-refractivity contribution in [1.82, 2.24) is 5.32 Å². The SMILES string of the molecule is O=C(C1CCNC1)C1C2CC3CC(C2)CC1C3. The highest BCUT2D eigenvalue weighted by molar-refractivity contribution is 5.84. The van der Waals surface area contributed by atoms with Gasteiger partial charge in [0, 0.05) is 18.4 Å². The van der Waals surface area contributed by atoms with E-state index in [1.54, 1.807) is 0 Å². The Labute approximate surface area is 104 Å². The maximum atomic E-state index is 12.7. The summed E-state index contributed by atoms with van der Waals surface area (Å²) in [6.07, 6.45) is 8.10. The minimum absolute atomic E-state index is 0.359. The second-order valence-corrected chi connectivity index (χ2v) is 7.05. The molecule has 4 bridgehead atoms. The van der Waals surface area contributed by atoms with Gasteiger partial charge in [-0.15, -0.1) is 0 Å². The number of rotatable bonds is 2. The van der Waals surface area contributed by atoms with Gasteiger partial charge < -0.3 is 5.32 Å². The first-order valence-electron chi connectivity index (χ1n) is 7.55. The summed E-state index contributed by atoms with van der Waals surface area (Å²) in [5, 5.41) is 3.35. The molecule has 0 spiro atoms. The van der Waals surface area contributed by atoms with Crippen LogP contribution in [-0.2, 0) is 4.79 Å². The van der Waals surface area contributed by atoms with Gasteiger partial charge in [0.05, 0.1) is 0 Å². The quantitative estimate of drug-likeness (QED) is 0.792. The van der Waals surface area contributed by atoms with Crippen molar-refractivity contribution in [3.63, 3.8) is 0 Å². The van der Waals surface area contributed by atoms with Crippen LogP contribution in [0.25, 0.3) is 0 Å². The van der Waals surface area contributed by atoms with Gasteiger partial charge in [0.15, 0.2) is 0 Å². The number of nitrogens with one attached hydrogen (secondary N) is 1. The first-order chi connectivity index (χ1) is 8.31. The second kappa shape index (κ2) is 3.81. The molecule has 0 aromatic heterocycles. The standard InChI is InChI=1S/C15H23NO/c17-15(11-1-2-16-8-11)14-12-4-9-3-10(6-12)7-13(14)5-9/h9-14,16H,1-8H2. The van der Waals surface area contributed by atoms with E-state index in [1.807, 2.05) is 0 Å². The van der Waals surface area contributed by atoms with Crippen molar-refractivity contribution in [3.05, 3.63) is 0 Å². The van der Waals surface area contributed by atoms with E-state index in [0.29, 0.717) is 17.6 Å². The number of carbonyl (C=O) groups is 1. The van der Waals surface area contributed by atoms with Crippen LogP contribution in [0.4, 0.5) is 0 Å². The molecular formula is C15H23NO. The van der Waals surface area contributed by atoms with Gasteiger partial charge >= 0.3 is 0 Å². The summed E-state index contributed by atoms with van der Waals surface area (Å²) in [7, 11) is 0. The Bertz CT molecular complexity index is 304. The minimum atomic E-state index is 0.359. The van der Waals surface area contributed by atoms with Crippen LogP contribution in [0.1, 0.15) is 38.5 Å². The first kappa shape index (κ1) is 10.5. The summed E-state index contributed by atoms with van der Waals surface area (Å²) < 4.78 is 0. The smallest absolute Gasteiger partial charge is 0.140 e. The lowest BCUT2D eigenvalue weighted by molar-refractivity contribution is -0.139. The van der Waals surface area contributed by atoms with Crippen molar-refractivity contribution in [1.29, 1.82) is 0 Å². The zero-order chi connectivity index (χ0) is 11.4. The molecule has 0 aromatic rings. The molecule has 5 aliphatic rings. The van der Waals surface area contributed by atoms with Crippen LogP contribution >= 0.6 is 0 Å². The number of carbonyl (C=O) groups excluding carboxylic acids is 1. The van der Waals surface area contributed by atoms with Gasteiger partial charge in [0.1, 0.15) is 5.78 Å². The van der Waals surface area contributed by atoms with Gasteiger partial charge in [0.25, 0.3) is 0 Å². The van der Waals surface area contributed by atoms with Crippen LogP contribution in [0.2, 0.25) is 0 Å². The molecule has 5 rings (SSSR count). The summed E-state index contributed by atoms with van der Waals surface area (Å²) in [4.78, 5) is 12.7. The topological polar surface area (TPSA) is 29.1 Å². The number of hydrogen-bond donors (Lipinski definition) is 1. The van der Waals surface area contributed by atoms with Crippen LogP contribution in [-0.4, -0.2) is 18.9 Å². The Kier molecular flexibility index (Phi) is 2.36. The lowest BCUT2D eigenvalue weighted by atomic mass is 9.50. The van der Waals surface area contributed by atoms with E-state index in [2.05, 4.69) is 5.32 Å². The van der Waals surface area contributed by atoms with Crippen molar-refractivity contribution < 1.29 is 4.79 Å². The van der Waals surface area contributed by atoms with E-state index in [-0.39, 0.29) is 0 Å². The summed E-state index contributed by atoms with van der Waals surface area (Å²) >= 11 is 0. The molecule has 1 unspecified atom stereocenters. The number of Topliss-reactive ketones (excluding diaryl/α,β-unsaturated/α-hetero) is 1. The Balaban J connectivity index is 1.55. The normalized spacial score (nSPS) is 52.0. The molecular weight excluding hydrogens is 210 g/mol. The van der Waals surface area contributed by atoms with Crippen molar-refractivity contribution in [2.24, 2.45) is 35.5 Å². The third kappa shape index (κ3) is 1.60. The van der Waals surface area contributed by atoms with Gasteiger partial charge in [-0.2, -0.15) is 0 Å². The van der Waals surface area contributed by atoms with Crippen LogP contribution < -0.4 is 5.32 Å².